The first-order chi connectivity index (χ1) is 8.89. The van der Waals surface area contributed by atoms with E-state index in [1.165, 1.54) is 0 Å². The number of nitrogens with two attached hydrogens (primary N) is 1. The standard InChI is InChI=1S/C15H24N2O2/c1-5-9-15(3,4)17-13-8-7-11(16)10-12(13)14(18)19-6-2/h7-8,10,17H,5-6,9,16H2,1-4H3. The van der Waals surface area contributed by atoms with E-state index >= 15 is 0 Å². The van der Waals surface area contributed by atoms with Crippen LogP contribution in [0.2, 0.25) is 0 Å². The van der Waals surface area contributed by atoms with Crippen molar-refractivity contribution in [2.45, 2.75) is 46.1 Å². The van der Waals surface area contributed by atoms with E-state index < -0.39 is 0 Å². The minimum absolute atomic E-state index is 0.0773. The van der Waals surface area contributed by atoms with E-state index in [4.69, 9.17) is 10.5 Å². The Morgan fingerprint density at radius 1 is 1.37 bits per heavy atom. The Labute approximate surface area is 115 Å². The van der Waals surface area contributed by atoms with Gasteiger partial charge in [0.25, 0.3) is 0 Å². The third-order valence-electron chi connectivity index (χ3n) is 2.89. The van der Waals surface area contributed by atoms with Gasteiger partial charge in [0, 0.05) is 16.9 Å². The zero-order valence-electron chi connectivity index (χ0n) is 12.2. The highest BCUT2D eigenvalue weighted by atomic mass is 16.5. The monoisotopic (exact) mass is 264 g/mol. The van der Waals surface area contributed by atoms with E-state index in [0.717, 1.165) is 18.5 Å². The molecule has 0 atom stereocenters. The fourth-order valence-electron chi connectivity index (χ4n) is 2.10. The molecule has 0 radical (unpaired) electrons. The number of benzene rings is 1. The number of carbonyl (C=O) groups is 1. The number of rotatable bonds is 6. The number of ether oxygens (including phenoxy) is 1. The van der Waals surface area contributed by atoms with Crippen LogP contribution in [-0.2, 0) is 4.74 Å². The molecule has 0 aromatic heterocycles. The van der Waals surface area contributed by atoms with Crippen LogP contribution in [-0.4, -0.2) is 18.1 Å². The molecule has 4 heteroatoms. The van der Waals surface area contributed by atoms with Crippen LogP contribution >= 0.6 is 0 Å². The van der Waals surface area contributed by atoms with Crippen molar-refractivity contribution in [3.05, 3.63) is 23.8 Å². The van der Waals surface area contributed by atoms with Gasteiger partial charge in [0.05, 0.1) is 12.2 Å². The van der Waals surface area contributed by atoms with Gasteiger partial charge in [-0.05, 0) is 45.4 Å². The summed E-state index contributed by atoms with van der Waals surface area (Å²) in [6, 6.07) is 5.27. The molecule has 1 aromatic rings. The molecule has 0 fully saturated rings. The maximum Gasteiger partial charge on any atom is 0.340 e. The van der Waals surface area contributed by atoms with Gasteiger partial charge < -0.3 is 15.8 Å². The molecule has 106 valence electrons. The number of nitrogens with one attached hydrogen (secondary N) is 1. The molecule has 0 saturated carbocycles. The fraction of sp³-hybridized carbons (Fsp3) is 0.533. The lowest BCUT2D eigenvalue weighted by Crippen LogP contribution is -2.31. The van der Waals surface area contributed by atoms with Crippen LogP contribution in [0.1, 0.15) is 50.9 Å². The Morgan fingerprint density at radius 2 is 2.05 bits per heavy atom. The molecule has 1 rings (SSSR count). The van der Waals surface area contributed by atoms with E-state index in [1.807, 2.05) is 6.07 Å². The Hall–Kier alpha value is -1.71. The Balaban J connectivity index is 3.03. The predicted octanol–water partition coefficient (Wildman–Crippen LogP) is 3.44. The molecule has 0 bridgehead atoms. The molecule has 0 unspecified atom stereocenters. The highest BCUT2D eigenvalue weighted by molar-refractivity contribution is 5.96. The average molecular weight is 264 g/mol. The summed E-state index contributed by atoms with van der Waals surface area (Å²) in [4.78, 5) is 11.9. The summed E-state index contributed by atoms with van der Waals surface area (Å²) in [5, 5.41) is 3.40. The van der Waals surface area contributed by atoms with E-state index in [1.54, 1.807) is 19.1 Å². The fourth-order valence-corrected chi connectivity index (χ4v) is 2.10. The summed E-state index contributed by atoms with van der Waals surface area (Å²) >= 11 is 0. The lowest BCUT2D eigenvalue weighted by Gasteiger charge is -2.28. The number of anilines is 2. The lowest BCUT2D eigenvalue weighted by atomic mass is 9.97. The van der Waals surface area contributed by atoms with Crippen molar-refractivity contribution in [3.8, 4) is 0 Å². The molecule has 0 aliphatic heterocycles. The van der Waals surface area contributed by atoms with Gasteiger partial charge in [0.1, 0.15) is 0 Å². The molecular formula is C15H24N2O2. The van der Waals surface area contributed by atoms with Crippen molar-refractivity contribution in [2.75, 3.05) is 17.7 Å². The van der Waals surface area contributed by atoms with Gasteiger partial charge in [0.2, 0.25) is 0 Å². The summed E-state index contributed by atoms with van der Waals surface area (Å²) in [6.07, 6.45) is 2.09. The third-order valence-corrected chi connectivity index (χ3v) is 2.89. The molecule has 1 aromatic carbocycles. The zero-order valence-corrected chi connectivity index (χ0v) is 12.2. The number of esters is 1. The van der Waals surface area contributed by atoms with Crippen molar-refractivity contribution in [1.82, 2.24) is 0 Å². The molecule has 4 nitrogen and oxygen atoms in total. The van der Waals surface area contributed by atoms with Gasteiger partial charge in [-0.15, -0.1) is 0 Å². The highest BCUT2D eigenvalue weighted by Gasteiger charge is 2.20. The summed E-state index contributed by atoms with van der Waals surface area (Å²) in [5.74, 6) is -0.343. The molecule has 3 N–H and O–H groups in total. The maximum absolute atomic E-state index is 11.9. The van der Waals surface area contributed by atoms with Crippen molar-refractivity contribution in [3.63, 3.8) is 0 Å². The number of hydrogen-bond donors (Lipinski definition) is 2. The van der Waals surface area contributed by atoms with Crippen LogP contribution in [0.4, 0.5) is 11.4 Å². The van der Waals surface area contributed by atoms with Gasteiger partial charge in [-0.3, -0.25) is 0 Å². The van der Waals surface area contributed by atoms with Gasteiger partial charge >= 0.3 is 5.97 Å². The molecule has 0 aliphatic rings. The van der Waals surface area contributed by atoms with Gasteiger partial charge in [-0.25, -0.2) is 4.79 Å². The molecule has 19 heavy (non-hydrogen) atoms. The minimum Gasteiger partial charge on any atom is -0.462 e. The summed E-state index contributed by atoms with van der Waals surface area (Å²) in [7, 11) is 0. The normalized spacial score (nSPS) is 11.2. The molecule has 0 spiro atoms. The third kappa shape index (κ3) is 4.47. The van der Waals surface area contributed by atoms with Crippen LogP contribution in [0.25, 0.3) is 0 Å². The second-order valence-electron chi connectivity index (χ2n) is 5.28. The van der Waals surface area contributed by atoms with Gasteiger partial charge in [-0.2, -0.15) is 0 Å². The largest absolute Gasteiger partial charge is 0.462 e. The van der Waals surface area contributed by atoms with Gasteiger partial charge in [0.15, 0.2) is 0 Å². The predicted molar refractivity (Wildman–Crippen MR) is 79.4 cm³/mol. The smallest absolute Gasteiger partial charge is 0.340 e. The molecule has 0 heterocycles. The molecule has 0 aliphatic carbocycles. The molecule has 0 amide bonds. The van der Waals surface area contributed by atoms with Crippen LogP contribution in [0.3, 0.4) is 0 Å². The van der Waals surface area contributed by atoms with E-state index in [0.29, 0.717) is 17.9 Å². The van der Waals surface area contributed by atoms with Crippen LogP contribution in [0, 0.1) is 0 Å². The SMILES string of the molecule is CCCC(C)(C)Nc1ccc(N)cc1C(=O)OCC. The van der Waals surface area contributed by atoms with E-state index in [2.05, 4.69) is 26.1 Å². The van der Waals surface area contributed by atoms with Crippen LogP contribution in [0.15, 0.2) is 18.2 Å². The van der Waals surface area contributed by atoms with Crippen molar-refractivity contribution >= 4 is 17.3 Å². The second kappa shape index (κ2) is 6.45. The number of hydrogen-bond acceptors (Lipinski definition) is 4. The number of carbonyl (C=O) groups excluding carboxylic acids is 1. The van der Waals surface area contributed by atoms with Gasteiger partial charge in [-0.1, -0.05) is 13.3 Å². The first-order valence-corrected chi connectivity index (χ1v) is 6.74. The minimum atomic E-state index is -0.343. The van der Waals surface area contributed by atoms with Crippen molar-refractivity contribution in [1.29, 1.82) is 0 Å². The maximum atomic E-state index is 11.9. The summed E-state index contributed by atoms with van der Waals surface area (Å²) < 4.78 is 5.06. The topological polar surface area (TPSA) is 64.3 Å². The van der Waals surface area contributed by atoms with Crippen LogP contribution < -0.4 is 11.1 Å². The Kier molecular flexibility index (Phi) is 5.21. The quantitative estimate of drug-likeness (QED) is 0.610. The second-order valence-corrected chi connectivity index (χ2v) is 5.28. The van der Waals surface area contributed by atoms with E-state index in [-0.39, 0.29) is 11.5 Å². The zero-order chi connectivity index (χ0) is 14.5. The first-order valence-electron chi connectivity index (χ1n) is 6.74. The number of nitrogen functional groups attached to an aromatic ring is 1. The lowest BCUT2D eigenvalue weighted by molar-refractivity contribution is 0.0527. The highest BCUT2D eigenvalue weighted by Crippen LogP contribution is 2.25. The van der Waals surface area contributed by atoms with Crippen molar-refractivity contribution in [2.24, 2.45) is 0 Å². The summed E-state index contributed by atoms with van der Waals surface area (Å²) in [6.45, 7) is 8.51. The molecule has 0 saturated heterocycles. The average Bonchev–Trinajstić information content (AvgIpc) is 2.31. The Morgan fingerprint density at radius 3 is 2.63 bits per heavy atom. The Bertz CT molecular complexity index is 442. The van der Waals surface area contributed by atoms with E-state index in [9.17, 15) is 4.79 Å². The van der Waals surface area contributed by atoms with Crippen molar-refractivity contribution < 1.29 is 9.53 Å². The summed E-state index contributed by atoms with van der Waals surface area (Å²) in [5.41, 5.74) is 7.49. The van der Waals surface area contributed by atoms with Crippen LogP contribution in [0.5, 0.6) is 0 Å². The molecular weight excluding hydrogens is 240 g/mol. The first kappa shape index (κ1) is 15.3.